The van der Waals surface area contributed by atoms with E-state index in [0.717, 1.165) is 13.0 Å². The number of nitrogens with two attached hydrogens (primary N) is 1. The van der Waals surface area contributed by atoms with Crippen LogP contribution in [0.5, 0.6) is 0 Å². The molecule has 2 heteroatoms. The van der Waals surface area contributed by atoms with Crippen molar-refractivity contribution < 1.29 is 4.74 Å². The van der Waals surface area contributed by atoms with E-state index in [4.69, 9.17) is 10.5 Å². The Bertz CT molecular complexity index is 104. The fourth-order valence-electron chi connectivity index (χ4n) is 0.984. The maximum atomic E-state index is 5.93. The van der Waals surface area contributed by atoms with Crippen LogP contribution in [-0.2, 0) is 4.74 Å². The molecule has 0 radical (unpaired) electrons. The molecule has 0 aromatic heterocycles. The molecule has 1 saturated heterocycles. The van der Waals surface area contributed by atoms with E-state index in [0.29, 0.717) is 0 Å². The molecule has 0 aliphatic carbocycles. The summed E-state index contributed by atoms with van der Waals surface area (Å²) < 4.78 is 5.43. The minimum absolute atomic E-state index is 0.132. The summed E-state index contributed by atoms with van der Waals surface area (Å²) in [6.45, 7) is 6.93. The Balaban J connectivity index is 2.75. The van der Waals surface area contributed by atoms with Crippen molar-refractivity contribution in [1.82, 2.24) is 0 Å². The lowest BCUT2D eigenvalue weighted by Gasteiger charge is -2.32. The molecule has 0 bridgehead atoms. The maximum Gasteiger partial charge on any atom is 0.0803 e. The molecule has 2 N–H and O–H groups in total. The van der Waals surface area contributed by atoms with Crippen LogP contribution in [0.3, 0.4) is 0 Å². The molecule has 1 unspecified atom stereocenters. The largest absolute Gasteiger partial charge is 0.374 e. The minimum Gasteiger partial charge on any atom is -0.374 e. The Hall–Kier alpha value is -0.0800. The molecule has 1 rings (SSSR count). The summed E-state index contributed by atoms with van der Waals surface area (Å²) in [5.41, 5.74) is 5.67. The van der Waals surface area contributed by atoms with Crippen LogP contribution in [0.15, 0.2) is 0 Å². The van der Waals surface area contributed by atoms with Gasteiger partial charge in [0.2, 0.25) is 0 Å². The second-order valence-corrected chi connectivity index (χ2v) is 3.53. The Morgan fingerprint density at radius 2 is 1.89 bits per heavy atom. The standard InChI is InChI=1S/C7H15NO/c1-6(2)7(3,8)4-5-9-6/h4-5,8H2,1-3H3. The molecular weight excluding hydrogens is 114 g/mol. The first-order chi connectivity index (χ1) is 3.96. The van der Waals surface area contributed by atoms with Crippen LogP contribution in [0.4, 0.5) is 0 Å². The van der Waals surface area contributed by atoms with Crippen molar-refractivity contribution >= 4 is 0 Å². The SMILES string of the molecule is CC1(N)CCOC1(C)C. The zero-order valence-corrected chi connectivity index (χ0v) is 6.40. The van der Waals surface area contributed by atoms with E-state index in [1.165, 1.54) is 0 Å². The van der Waals surface area contributed by atoms with Crippen LogP contribution in [0.1, 0.15) is 27.2 Å². The number of hydrogen-bond donors (Lipinski definition) is 1. The molecule has 1 aliphatic rings. The zero-order valence-electron chi connectivity index (χ0n) is 6.40. The lowest BCUT2D eigenvalue weighted by molar-refractivity contribution is 0.00535. The molecular formula is C7H15NO. The lowest BCUT2D eigenvalue weighted by atomic mass is 9.85. The predicted octanol–water partition coefficient (Wildman–Crippen LogP) is 0.903. The zero-order chi connectivity index (χ0) is 7.12. The van der Waals surface area contributed by atoms with Gasteiger partial charge in [0.25, 0.3) is 0 Å². The minimum atomic E-state index is -0.132. The van der Waals surface area contributed by atoms with Gasteiger partial charge >= 0.3 is 0 Å². The van der Waals surface area contributed by atoms with Gasteiger partial charge in [-0.05, 0) is 27.2 Å². The average molecular weight is 129 g/mol. The van der Waals surface area contributed by atoms with Gasteiger partial charge in [-0.1, -0.05) is 0 Å². The highest BCUT2D eigenvalue weighted by atomic mass is 16.5. The molecule has 9 heavy (non-hydrogen) atoms. The molecule has 1 aliphatic heterocycles. The van der Waals surface area contributed by atoms with E-state index in [-0.39, 0.29) is 11.1 Å². The van der Waals surface area contributed by atoms with Gasteiger partial charge in [-0.3, -0.25) is 0 Å². The Kier molecular flexibility index (Phi) is 1.33. The summed E-state index contributed by atoms with van der Waals surface area (Å²) in [6, 6.07) is 0. The van der Waals surface area contributed by atoms with Gasteiger partial charge in [0.15, 0.2) is 0 Å². The van der Waals surface area contributed by atoms with Crippen LogP contribution in [-0.4, -0.2) is 17.7 Å². The van der Waals surface area contributed by atoms with Gasteiger partial charge in [-0.15, -0.1) is 0 Å². The maximum absolute atomic E-state index is 5.93. The van der Waals surface area contributed by atoms with Gasteiger partial charge in [0, 0.05) is 12.1 Å². The molecule has 1 atom stereocenters. The van der Waals surface area contributed by atoms with Crippen LogP contribution in [0.25, 0.3) is 0 Å². The van der Waals surface area contributed by atoms with Gasteiger partial charge in [-0.25, -0.2) is 0 Å². The summed E-state index contributed by atoms with van der Waals surface area (Å²) in [6.07, 6.45) is 0.972. The Morgan fingerprint density at radius 1 is 1.33 bits per heavy atom. The summed E-state index contributed by atoms with van der Waals surface area (Å²) in [4.78, 5) is 0. The third kappa shape index (κ3) is 0.970. The van der Waals surface area contributed by atoms with Crippen LogP contribution < -0.4 is 5.73 Å². The fraction of sp³-hybridized carbons (Fsp3) is 1.00. The lowest BCUT2D eigenvalue weighted by Crippen LogP contribution is -2.51. The second-order valence-electron chi connectivity index (χ2n) is 3.53. The topological polar surface area (TPSA) is 35.2 Å². The van der Waals surface area contributed by atoms with E-state index in [1.807, 2.05) is 20.8 Å². The second kappa shape index (κ2) is 1.70. The van der Waals surface area contributed by atoms with Crippen molar-refractivity contribution in [3.05, 3.63) is 0 Å². The highest BCUT2D eigenvalue weighted by Crippen LogP contribution is 2.32. The van der Waals surface area contributed by atoms with Crippen LogP contribution in [0, 0.1) is 0 Å². The van der Waals surface area contributed by atoms with Crippen LogP contribution >= 0.6 is 0 Å². The number of ether oxygens (including phenoxy) is 1. The van der Waals surface area contributed by atoms with Crippen molar-refractivity contribution in [3.8, 4) is 0 Å². The fourth-order valence-corrected chi connectivity index (χ4v) is 0.984. The molecule has 0 aromatic rings. The first-order valence-electron chi connectivity index (χ1n) is 3.39. The van der Waals surface area contributed by atoms with Crippen molar-refractivity contribution in [2.75, 3.05) is 6.61 Å². The number of hydrogen-bond acceptors (Lipinski definition) is 2. The average Bonchev–Trinajstić information content (AvgIpc) is 1.81. The van der Waals surface area contributed by atoms with Crippen molar-refractivity contribution in [1.29, 1.82) is 0 Å². The molecule has 0 aromatic carbocycles. The Morgan fingerprint density at radius 3 is 2.00 bits per heavy atom. The monoisotopic (exact) mass is 129 g/mol. The highest BCUT2D eigenvalue weighted by molar-refractivity contribution is 4.99. The van der Waals surface area contributed by atoms with Gasteiger partial charge in [0.05, 0.1) is 5.60 Å². The third-order valence-corrected chi connectivity index (χ3v) is 2.46. The van der Waals surface area contributed by atoms with E-state index in [9.17, 15) is 0 Å². The third-order valence-electron chi connectivity index (χ3n) is 2.46. The quantitative estimate of drug-likeness (QED) is 0.527. The highest BCUT2D eigenvalue weighted by Gasteiger charge is 2.43. The summed E-state index contributed by atoms with van der Waals surface area (Å²) in [7, 11) is 0. The van der Waals surface area contributed by atoms with Crippen molar-refractivity contribution in [2.45, 2.75) is 38.3 Å². The smallest absolute Gasteiger partial charge is 0.0803 e. The molecule has 0 spiro atoms. The first-order valence-corrected chi connectivity index (χ1v) is 3.39. The predicted molar refractivity (Wildman–Crippen MR) is 37.2 cm³/mol. The summed E-state index contributed by atoms with van der Waals surface area (Å²) in [5, 5.41) is 0. The molecule has 2 nitrogen and oxygen atoms in total. The summed E-state index contributed by atoms with van der Waals surface area (Å²) >= 11 is 0. The van der Waals surface area contributed by atoms with Gasteiger partial charge in [0.1, 0.15) is 0 Å². The first kappa shape index (κ1) is 7.03. The molecule has 0 amide bonds. The Labute approximate surface area is 56.4 Å². The summed E-state index contributed by atoms with van der Waals surface area (Å²) in [5.74, 6) is 0. The van der Waals surface area contributed by atoms with E-state index in [2.05, 4.69) is 0 Å². The normalized spacial score (nSPS) is 41.3. The number of rotatable bonds is 0. The van der Waals surface area contributed by atoms with E-state index in [1.54, 1.807) is 0 Å². The van der Waals surface area contributed by atoms with Crippen LogP contribution in [0.2, 0.25) is 0 Å². The van der Waals surface area contributed by atoms with E-state index < -0.39 is 0 Å². The van der Waals surface area contributed by atoms with Gasteiger partial charge < -0.3 is 10.5 Å². The molecule has 0 saturated carbocycles. The molecule has 1 heterocycles. The molecule has 54 valence electrons. The van der Waals surface area contributed by atoms with Gasteiger partial charge in [-0.2, -0.15) is 0 Å². The van der Waals surface area contributed by atoms with Crippen molar-refractivity contribution in [3.63, 3.8) is 0 Å². The van der Waals surface area contributed by atoms with Crippen molar-refractivity contribution in [2.24, 2.45) is 5.73 Å². The molecule has 1 fully saturated rings. The van der Waals surface area contributed by atoms with E-state index >= 15 is 0 Å².